The van der Waals surface area contributed by atoms with E-state index in [9.17, 15) is 0 Å². The molecule has 0 nitrogen and oxygen atoms in total. The molecule has 0 aliphatic carbocycles. The maximum atomic E-state index is 2.33. The first-order chi connectivity index (χ1) is 4.81. The lowest BCUT2D eigenvalue weighted by Crippen LogP contribution is -1.83. The van der Waals surface area contributed by atoms with E-state index in [-0.39, 0.29) is 0 Å². The van der Waals surface area contributed by atoms with Crippen LogP contribution in [-0.4, -0.2) is 0 Å². The van der Waals surface area contributed by atoms with Crippen molar-refractivity contribution >= 4 is 0 Å². The van der Waals surface area contributed by atoms with Gasteiger partial charge in [0.15, 0.2) is 0 Å². The summed E-state index contributed by atoms with van der Waals surface area (Å²) in [5.41, 5.74) is 0. The van der Waals surface area contributed by atoms with Gasteiger partial charge in [0, 0.05) is 0 Å². The highest BCUT2D eigenvalue weighted by Gasteiger charge is 1.88. The molecule has 0 spiro atoms. The minimum absolute atomic E-state index is 0.775. The maximum absolute atomic E-state index is 2.33. The van der Waals surface area contributed by atoms with Crippen LogP contribution in [0.2, 0.25) is 0 Å². The van der Waals surface area contributed by atoms with E-state index in [2.05, 4.69) is 32.9 Å². The molecular weight excluding hydrogens is 120 g/mol. The molecule has 1 unspecified atom stereocenters. The number of hydrogen-bond donors (Lipinski definition) is 0. The molecule has 10 heavy (non-hydrogen) atoms. The van der Waals surface area contributed by atoms with Crippen molar-refractivity contribution in [2.75, 3.05) is 0 Å². The van der Waals surface area contributed by atoms with Gasteiger partial charge in [-0.15, -0.1) is 0 Å². The van der Waals surface area contributed by atoms with Crippen LogP contribution in [0.15, 0.2) is 12.2 Å². The molecule has 0 bridgehead atoms. The van der Waals surface area contributed by atoms with Gasteiger partial charge in [-0.05, 0) is 12.3 Å². The number of hydrogen-bond acceptors (Lipinski definition) is 0. The molecule has 0 rings (SSSR count). The Morgan fingerprint density at radius 2 is 2.00 bits per heavy atom. The van der Waals surface area contributed by atoms with E-state index in [1.165, 1.54) is 25.7 Å². The Balaban J connectivity index is 3.18. The van der Waals surface area contributed by atoms with Crippen molar-refractivity contribution < 1.29 is 0 Å². The Morgan fingerprint density at radius 1 is 1.30 bits per heavy atom. The number of unbranched alkanes of at least 4 members (excludes halogenated alkanes) is 2. The minimum Gasteiger partial charge on any atom is -0.0883 e. The zero-order chi connectivity index (χ0) is 7.82. The molecule has 0 N–H and O–H groups in total. The van der Waals surface area contributed by atoms with E-state index < -0.39 is 0 Å². The van der Waals surface area contributed by atoms with E-state index in [0.717, 1.165) is 5.92 Å². The van der Waals surface area contributed by atoms with E-state index in [1.807, 2.05) is 0 Å². The normalized spacial score (nSPS) is 14.3. The summed E-state index contributed by atoms with van der Waals surface area (Å²) in [6.07, 6.45) is 9.83. The second-order valence-corrected chi connectivity index (χ2v) is 2.96. The summed E-state index contributed by atoms with van der Waals surface area (Å²) in [5, 5.41) is 0. The molecule has 0 radical (unpaired) electrons. The smallest absolute Gasteiger partial charge is 0.0265 e. The van der Waals surface area contributed by atoms with Crippen molar-refractivity contribution in [3.8, 4) is 0 Å². The third-order valence-corrected chi connectivity index (χ3v) is 1.83. The standard InChI is InChI=1S/C10H20/c1-4-6-7-8-9-10(3)5-2/h8-10H,4-7H2,1-3H3. The van der Waals surface area contributed by atoms with Gasteiger partial charge in [-0.3, -0.25) is 0 Å². The van der Waals surface area contributed by atoms with Crippen LogP contribution in [-0.2, 0) is 0 Å². The zero-order valence-corrected chi connectivity index (χ0v) is 7.56. The minimum atomic E-state index is 0.775. The van der Waals surface area contributed by atoms with Crippen molar-refractivity contribution in [2.24, 2.45) is 5.92 Å². The van der Waals surface area contributed by atoms with Gasteiger partial charge in [-0.25, -0.2) is 0 Å². The molecule has 0 amide bonds. The summed E-state index contributed by atoms with van der Waals surface area (Å²) in [4.78, 5) is 0. The molecule has 0 fully saturated rings. The van der Waals surface area contributed by atoms with Crippen LogP contribution in [0.25, 0.3) is 0 Å². The van der Waals surface area contributed by atoms with Crippen LogP contribution in [0.5, 0.6) is 0 Å². The fourth-order valence-corrected chi connectivity index (χ4v) is 0.787. The summed E-state index contributed by atoms with van der Waals surface area (Å²) in [6.45, 7) is 6.73. The Hall–Kier alpha value is -0.260. The van der Waals surface area contributed by atoms with E-state index in [4.69, 9.17) is 0 Å². The lowest BCUT2D eigenvalue weighted by Gasteiger charge is -1.98. The lowest BCUT2D eigenvalue weighted by molar-refractivity contribution is 0.691. The Morgan fingerprint density at radius 3 is 2.50 bits per heavy atom. The summed E-state index contributed by atoms with van der Waals surface area (Å²) < 4.78 is 0. The third kappa shape index (κ3) is 5.87. The predicted octanol–water partition coefficient (Wildman–Crippen LogP) is 3.78. The van der Waals surface area contributed by atoms with Gasteiger partial charge in [-0.1, -0.05) is 52.2 Å². The highest BCUT2D eigenvalue weighted by Crippen LogP contribution is 2.04. The van der Waals surface area contributed by atoms with Gasteiger partial charge in [-0.2, -0.15) is 0 Å². The molecule has 0 aliphatic heterocycles. The first-order valence-corrected chi connectivity index (χ1v) is 4.47. The number of rotatable bonds is 5. The first kappa shape index (κ1) is 9.74. The summed E-state index contributed by atoms with van der Waals surface area (Å²) in [5.74, 6) is 0.775. The zero-order valence-electron chi connectivity index (χ0n) is 7.56. The van der Waals surface area contributed by atoms with Crippen molar-refractivity contribution in [1.82, 2.24) is 0 Å². The maximum Gasteiger partial charge on any atom is -0.0265 e. The quantitative estimate of drug-likeness (QED) is 0.402. The monoisotopic (exact) mass is 140 g/mol. The van der Waals surface area contributed by atoms with E-state index >= 15 is 0 Å². The fraction of sp³-hybridized carbons (Fsp3) is 0.800. The molecule has 0 aromatic heterocycles. The molecule has 0 aromatic carbocycles. The van der Waals surface area contributed by atoms with Crippen molar-refractivity contribution in [1.29, 1.82) is 0 Å². The highest BCUT2D eigenvalue weighted by molar-refractivity contribution is 4.85. The molecular formula is C10H20. The van der Waals surface area contributed by atoms with Crippen molar-refractivity contribution in [2.45, 2.75) is 46.5 Å². The molecule has 0 saturated heterocycles. The van der Waals surface area contributed by atoms with Crippen LogP contribution < -0.4 is 0 Å². The van der Waals surface area contributed by atoms with Gasteiger partial charge in [0.2, 0.25) is 0 Å². The fourth-order valence-electron chi connectivity index (χ4n) is 0.787. The molecule has 0 heteroatoms. The van der Waals surface area contributed by atoms with Crippen LogP contribution in [0, 0.1) is 5.92 Å². The molecule has 0 aromatic rings. The van der Waals surface area contributed by atoms with Gasteiger partial charge in [0.1, 0.15) is 0 Å². The average molecular weight is 140 g/mol. The Bertz CT molecular complexity index is 82.0. The van der Waals surface area contributed by atoms with Crippen LogP contribution in [0.4, 0.5) is 0 Å². The Labute approximate surface area is 65.3 Å². The highest BCUT2D eigenvalue weighted by atomic mass is 13.9. The summed E-state index contributed by atoms with van der Waals surface area (Å²) in [7, 11) is 0. The van der Waals surface area contributed by atoms with Gasteiger partial charge >= 0.3 is 0 Å². The van der Waals surface area contributed by atoms with Crippen molar-refractivity contribution in [3.05, 3.63) is 12.2 Å². The van der Waals surface area contributed by atoms with E-state index in [1.54, 1.807) is 0 Å². The number of allylic oxidation sites excluding steroid dienone is 2. The van der Waals surface area contributed by atoms with Crippen LogP contribution in [0.1, 0.15) is 46.5 Å². The SMILES string of the molecule is CCCCC=CC(C)CC. The largest absolute Gasteiger partial charge is 0.0883 e. The van der Waals surface area contributed by atoms with Crippen molar-refractivity contribution in [3.63, 3.8) is 0 Å². The Kier molecular flexibility index (Phi) is 6.68. The first-order valence-electron chi connectivity index (χ1n) is 4.47. The van der Waals surface area contributed by atoms with E-state index in [0.29, 0.717) is 0 Å². The van der Waals surface area contributed by atoms with Crippen LogP contribution in [0.3, 0.4) is 0 Å². The van der Waals surface area contributed by atoms with Gasteiger partial charge in [0.25, 0.3) is 0 Å². The average Bonchev–Trinajstić information content (AvgIpc) is 1.98. The molecule has 1 atom stereocenters. The second kappa shape index (κ2) is 6.85. The van der Waals surface area contributed by atoms with Gasteiger partial charge in [0.05, 0.1) is 0 Å². The van der Waals surface area contributed by atoms with Gasteiger partial charge < -0.3 is 0 Å². The molecule has 0 saturated carbocycles. The second-order valence-electron chi connectivity index (χ2n) is 2.96. The lowest BCUT2D eigenvalue weighted by atomic mass is 10.1. The van der Waals surface area contributed by atoms with Crippen LogP contribution >= 0.6 is 0 Å². The summed E-state index contributed by atoms with van der Waals surface area (Å²) >= 11 is 0. The third-order valence-electron chi connectivity index (χ3n) is 1.83. The molecule has 60 valence electrons. The molecule has 0 aliphatic rings. The topological polar surface area (TPSA) is 0 Å². The summed E-state index contributed by atoms with van der Waals surface area (Å²) in [6, 6.07) is 0. The predicted molar refractivity (Wildman–Crippen MR) is 48.1 cm³/mol. The molecule has 0 heterocycles.